The van der Waals surface area contributed by atoms with E-state index in [0.29, 0.717) is 29.8 Å². The normalized spacial score (nSPS) is 14.3. The summed E-state index contributed by atoms with van der Waals surface area (Å²) in [5.41, 5.74) is 0.731. The van der Waals surface area contributed by atoms with Crippen molar-refractivity contribution in [3.8, 4) is 0 Å². The van der Waals surface area contributed by atoms with Gasteiger partial charge in [-0.05, 0) is 37.0 Å². The van der Waals surface area contributed by atoms with E-state index in [0.717, 1.165) is 17.9 Å². The fourth-order valence-electron chi connectivity index (χ4n) is 3.11. The van der Waals surface area contributed by atoms with Crippen molar-refractivity contribution in [1.29, 1.82) is 0 Å². The number of nitrogens with one attached hydrogen (secondary N) is 1. The number of thioether (sulfide) groups is 1. The SMILES string of the molecule is CSCCC(C(=O)NCCCn1ccnc1)N1C(=O)c2ccccc2C1=O. The Labute approximate surface area is 162 Å². The van der Waals surface area contributed by atoms with E-state index in [1.807, 2.05) is 17.0 Å². The van der Waals surface area contributed by atoms with E-state index in [1.54, 1.807) is 48.6 Å². The Kier molecular flexibility index (Phi) is 6.28. The monoisotopic (exact) mass is 386 g/mol. The Bertz CT molecular complexity index is 787. The first-order valence-electron chi connectivity index (χ1n) is 8.82. The van der Waals surface area contributed by atoms with Crippen LogP contribution >= 0.6 is 11.8 Å². The summed E-state index contributed by atoms with van der Waals surface area (Å²) >= 11 is 1.58. The Morgan fingerprint density at radius 2 is 1.93 bits per heavy atom. The molecule has 2 aromatic rings. The molecule has 0 radical (unpaired) electrons. The van der Waals surface area contributed by atoms with Gasteiger partial charge < -0.3 is 9.88 Å². The minimum atomic E-state index is -0.793. The first-order valence-corrected chi connectivity index (χ1v) is 10.2. The molecule has 0 aliphatic carbocycles. The highest BCUT2D eigenvalue weighted by Crippen LogP contribution is 2.26. The third-order valence-corrected chi connectivity index (χ3v) is 5.13. The van der Waals surface area contributed by atoms with Gasteiger partial charge in [0.2, 0.25) is 5.91 Å². The predicted octanol–water partition coefficient (Wildman–Crippen LogP) is 1.81. The van der Waals surface area contributed by atoms with Gasteiger partial charge in [-0.3, -0.25) is 19.3 Å². The van der Waals surface area contributed by atoms with Crippen LogP contribution < -0.4 is 5.32 Å². The third kappa shape index (κ3) is 4.21. The van der Waals surface area contributed by atoms with Crippen molar-refractivity contribution in [3.05, 3.63) is 54.1 Å². The molecular formula is C19H22N4O3S. The van der Waals surface area contributed by atoms with Crippen LogP contribution in [0.4, 0.5) is 0 Å². The van der Waals surface area contributed by atoms with Crippen molar-refractivity contribution in [2.75, 3.05) is 18.6 Å². The summed E-state index contributed by atoms with van der Waals surface area (Å²) in [5.74, 6) is -0.393. The standard InChI is InChI=1S/C19H22N4O3S/c1-27-12-7-16(17(24)21-8-4-10-22-11-9-20-13-22)23-18(25)14-5-2-3-6-15(14)19(23)26/h2-3,5-6,9,11,13,16H,4,7-8,10,12H2,1H3,(H,21,24). The number of amides is 3. The van der Waals surface area contributed by atoms with Crippen LogP contribution in [0, 0.1) is 0 Å². The highest BCUT2D eigenvalue weighted by molar-refractivity contribution is 7.98. The largest absolute Gasteiger partial charge is 0.354 e. The number of fused-ring (bicyclic) bond motifs is 1. The van der Waals surface area contributed by atoms with Crippen LogP contribution in [-0.4, -0.2) is 56.8 Å². The van der Waals surface area contributed by atoms with Crippen LogP contribution in [-0.2, 0) is 11.3 Å². The van der Waals surface area contributed by atoms with Gasteiger partial charge in [-0.15, -0.1) is 0 Å². The van der Waals surface area contributed by atoms with E-state index in [1.165, 1.54) is 0 Å². The summed E-state index contributed by atoms with van der Waals surface area (Å²) in [4.78, 5) is 43.3. The fraction of sp³-hybridized carbons (Fsp3) is 0.368. The van der Waals surface area contributed by atoms with Gasteiger partial charge in [0.05, 0.1) is 17.5 Å². The van der Waals surface area contributed by atoms with Gasteiger partial charge in [0.1, 0.15) is 6.04 Å². The minimum absolute atomic E-state index is 0.288. The summed E-state index contributed by atoms with van der Waals surface area (Å²) in [6, 6.07) is 5.91. The maximum atomic E-state index is 12.8. The molecule has 3 amide bonds. The zero-order chi connectivity index (χ0) is 19.2. The summed E-state index contributed by atoms with van der Waals surface area (Å²) in [5, 5.41) is 2.87. The third-order valence-electron chi connectivity index (χ3n) is 4.49. The highest BCUT2D eigenvalue weighted by Gasteiger charge is 2.42. The maximum Gasteiger partial charge on any atom is 0.262 e. The van der Waals surface area contributed by atoms with E-state index in [9.17, 15) is 14.4 Å². The summed E-state index contributed by atoms with van der Waals surface area (Å²) in [6.45, 7) is 1.21. The number of aromatic nitrogens is 2. The van der Waals surface area contributed by atoms with Gasteiger partial charge in [0.15, 0.2) is 0 Å². The lowest BCUT2D eigenvalue weighted by Gasteiger charge is -2.25. The first-order chi connectivity index (χ1) is 13.1. The molecule has 1 aliphatic heterocycles. The van der Waals surface area contributed by atoms with E-state index in [4.69, 9.17) is 0 Å². The number of nitrogens with zero attached hydrogens (tertiary/aromatic N) is 3. The van der Waals surface area contributed by atoms with E-state index < -0.39 is 17.9 Å². The molecule has 142 valence electrons. The van der Waals surface area contributed by atoms with Crippen molar-refractivity contribution < 1.29 is 14.4 Å². The second-order valence-electron chi connectivity index (χ2n) is 6.27. The molecule has 2 heterocycles. The van der Waals surface area contributed by atoms with Crippen LogP contribution in [0.5, 0.6) is 0 Å². The molecular weight excluding hydrogens is 364 g/mol. The maximum absolute atomic E-state index is 12.8. The Morgan fingerprint density at radius 1 is 1.22 bits per heavy atom. The molecule has 8 heteroatoms. The van der Waals surface area contributed by atoms with Gasteiger partial charge in [0, 0.05) is 25.5 Å². The molecule has 1 atom stereocenters. The van der Waals surface area contributed by atoms with Crippen molar-refractivity contribution >= 4 is 29.5 Å². The van der Waals surface area contributed by atoms with Gasteiger partial charge in [-0.25, -0.2) is 4.98 Å². The van der Waals surface area contributed by atoms with Crippen LogP contribution in [0.15, 0.2) is 43.0 Å². The van der Waals surface area contributed by atoms with E-state index in [2.05, 4.69) is 10.3 Å². The molecule has 0 spiro atoms. The Hall–Kier alpha value is -2.61. The van der Waals surface area contributed by atoms with E-state index >= 15 is 0 Å². The van der Waals surface area contributed by atoms with E-state index in [-0.39, 0.29) is 5.91 Å². The quantitative estimate of drug-likeness (QED) is 0.525. The number of benzene rings is 1. The number of hydrogen-bond donors (Lipinski definition) is 1. The lowest BCUT2D eigenvalue weighted by atomic mass is 10.1. The van der Waals surface area contributed by atoms with Crippen molar-refractivity contribution in [3.63, 3.8) is 0 Å². The molecule has 7 nitrogen and oxygen atoms in total. The number of hydrogen-bond acceptors (Lipinski definition) is 5. The average molecular weight is 386 g/mol. The number of imidazole rings is 1. The molecule has 0 fully saturated rings. The zero-order valence-electron chi connectivity index (χ0n) is 15.1. The lowest BCUT2D eigenvalue weighted by Crippen LogP contribution is -2.50. The average Bonchev–Trinajstić information content (AvgIpc) is 3.28. The lowest BCUT2D eigenvalue weighted by molar-refractivity contribution is -0.125. The zero-order valence-corrected chi connectivity index (χ0v) is 15.9. The molecule has 1 aliphatic rings. The topological polar surface area (TPSA) is 84.3 Å². The molecule has 1 aromatic carbocycles. The molecule has 1 N–H and O–H groups in total. The van der Waals surface area contributed by atoms with Crippen molar-refractivity contribution in [2.45, 2.75) is 25.4 Å². The number of imide groups is 1. The smallest absolute Gasteiger partial charge is 0.262 e. The summed E-state index contributed by atoms with van der Waals surface area (Å²) in [6.07, 6.45) is 8.39. The van der Waals surface area contributed by atoms with Gasteiger partial charge in [0.25, 0.3) is 11.8 Å². The van der Waals surface area contributed by atoms with Gasteiger partial charge >= 0.3 is 0 Å². The molecule has 1 aromatic heterocycles. The molecule has 27 heavy (non-hydrogen) atoms. The van der Waals surface area contributed by atoms with Crippen LogP contribution in [0.2, 0.25) is 0 Å². The predicted molar refractivity (Wildman–Crippen MR) is 104 cm³/mol. The number of aryl methyl sites for hydroxylation is 1. The minimum Gasteiger partial charge on any atom is -0.354 e. The number of carbonyl (C=O) groups excluding carboxylic acids is 3. The number of rotatable bonds is 9. The molecule has 1 unspecified atom stereocenters. The Morgan fingerprint density at radius 3 is 2.52 bits per heavy atom. The molecule has 3 rings (SSSR count). The molecule has 0 saturated heterocycles. The second kappa shape index (κ2) is 8.85. The second-order valence-corrected chi connectivity index (χ2v) is 7.25. The fourth-order valence-corrected chi connectivity index (χ4v) is 3.57. The summed E-state index contributed by atoms with van der Waals surface area (Å²) in [7, 11) is 0. The van der Waals surface area contributed by atoms with Gasteiger partial charge in [-0.1, -0.05) is 12.1 Å². The highest BCUT2D eigenvalue weighted by atomic mass is 32.2. The van der Waals surface area contributed by atoms with Crippen molar-refractivity contribution in [1.82, 2.24) is 19.8 Å². The number of carbonyl (C=O) groups is 3. The van der Waals surface area contributed by atoms with Crippen LogP contribution in [0.3, 0.4) is 0 Å². The Balaban J connectivity index is 1.65. The van der Waals surface area contributed by atoms with Gasteiger partial charge in [-0.2, -0.15) is 11.8 Å². The summed E-state index contributed by atoms with van der Waals surface area (Å²) < 4.78 is 1.93. The van der Waals surface area contributed by atoms with Crippen LogP contribution in [0.1, 0.15) is 33.6 Å². The first kappa shape index (κ1) is 19.2. The molecule has 0 bridgehead atoms. The van der Waals surface area contributed by atoms with Crippen LogP contribution in [0.25, 0.3) is 0 Å². The van der Waals surface area contributed by atoms with Crippen molar-refractivity contribution in [2.24, 2.45) is 0 Å². The molecule has 0 saturated carbocycles.